The molecule has 0 heterocycles. The number of phenols is 1. The van der Waals surface area contributed by atoms with E-state index in [2.05, 4.69) is 43.0 Å². The Bertz CT molecular complexity index is 630. The maximum atomic E-state index is 9.51. The Morgan fingerprint density at radius 2 is 1.65 bits per heavy atom. The molecule has 0 saturated heterocycles. The van der Waals surface area contributed by atoms with Gasteiger partial charge in [0.05, 0.1) is 0 Å². The lowest BCUT2D eigenvalue weighted by molar-refractivity contribution is 0.164. The molecule has 0 amide bonds. The van der Waals surface area contributed by atoms with E-state index < -0.39 is 0 Å². The summed E-state index contributed by atoms with van der Waals surface area (Å²) in [6.07, 6.45) is 1.92. The molecule has 0 saturated carbocycles. The molecule has 5 N–H and O–H groups in total. The lowest BCUT2D eigenvalue weighted by atomic mass is 9.97. The van der Waals surface area contributed by atoms with Gasteiger partial charge < -0.3 is 16.6 Å². The van der Waals surface area contributed by atoms with Crippen LogP contribution in [0.4, 0.5) is 0 Å². The lowest BCUT2D eigenvalue weighted by Crippen LogP contribution is -2.49. The minimum Gasteiger partial charge on any atom is -0.508 e. The standard InChI is InChI=1S/C22H33N3O/c1-3-17(2)22(24)16-25(15-19-7-5-4-6-8-19)20(14-23)13-18-9-11-21(26)12-10-18/h4-12,17,20,22,26H,3,13-16,23-24H2,1-2H3. The first-order valence-corrected chi connectivity index (χ1v) is 9.55. The van der Waals surface area contributed by atoms with Crippen LogP contribution in [-0.4, -0.2) is 35.2 Å². The summed E-state index contributed by atoms with van der Waals surface area (Å²) in [5, 5.41) is 9.51. The molecule has 0 spiro atoms. The molecule has 2 aromatic carbocycles. The molecule has 0 aromatic heterocycles. The van der Waals surface area contributed by atoms with Gasteiger partial charge in [-0.1, -0.05) is 62.7 Å². The average molecular weight is 356 g/mol. The number of nitrogens with zero attached hydrogens (tertiary/aromatic N) is 1. The summed E-state index contributed by atoms with van der Waals surface area (Å²) in [7, 11) is 0. The number of aromatic hydroxyl groups is 1. The van der Waals surface area contributed by atoms with Crippen LogP contribution in [0.3, 0.4) is 0 Å². The van der Waals surface area contributed by atoms with E-state index in [-0.39, 0.29) is 17.8 Å². The number of nitrogens with two attached hydrogens (primary N) is 2. The van der Waals surface area contributed by atoms with Crippen LogP contribution >= 0.6 is 0 Å². The zero-order valence-corrected chi connectivity index (χ0v) is 16.0. The molecule has 2 aromatic rings. The summed E-state index contributed by atoms with van der Waals surface area (Å²) in [5.74, 6) is 0.762. The van der Waals surface area contributed by atoms with Crippen LogP contribution in [0.2, 0.25) is 0 Å². The maximum Gasteiger partial charge on any atom is 0.115 e. The van der Waals surface area contributed by atoms with Crippen molar-refractivity contribution in [2.45, 2.75) is 45.3 Å². The van der Waals surface area contributed by atoms with Crippen molar-refractivity contribution in [3.63, 3.8) is 0 Å². The van der Waals surface area contributed by atoms with Crippen molar-refractivity contribution in [3.05, 3.63) is 65.7 Å². The zero-order valence-electron chi connectivity index (χ0n) is 16.0. The second-order valence-electron chi connectivity index (χ2n) is 7.22. The first kappa shape index (κ1) is 20.4. The summed E-state index contributed by atoms with van der Waals surface area (Å²) in [5.41, 5.74) is 15.1. The van der Waals surface area contributed by atoms with Crippen molar-refractivity contribution in [2.75, 3.05) is 13.1 Å². The molecular formula is C22H33N3O. The van der Waals surface area contributed by atoms with E-state index in [1.165, 1.54) is 11.1 Å². The molecule has 3 atom stereocenters. The normalized spacial score (nSPS) is 15.0. The molecule has 4 nitrogen and oxygen atoms in total. The topological polar surface area (TPSA) is 75.5 Å². The Morgan fingerprint density at radius 3 is 2.23 bits per heavy atom. The molecular weight excluding hydrogens is 322 g/mol. The monoisotopic (exact) mass is 355 g/mol. The summed E-state index contributed by atoms with van der Waals surface area (Å²) in [4.78, 5) is 2.42. The van der Waals surface area contributed by atoms with Gasteiger partial charge in [0.25, 0.3) is 0 Å². The van der Waals surface area contributed by atoms with Crippen molar-refractivity contribution in [1.29, 1.82) is 0 Å². The van der Waals surface area contributed by atoms with Crippen molar-refractivity contribution in [3.8, 4) is 5.75 Å². The highest BCUT2D eigenvalue weighted by atomic mass is 16.3. The second-order valence-corrected chi connectivity index (χ2v) is 7.22. The molecule has 0 aliphatic heterocycles. The highest BCUT2D eigenvalue weighted by Crippen LogP contribution is 2.17. The fourth-order valence-electron chi connectivity index (χ4n) is 3.18. The number of hydrogen-bond acceptors (Lipinski definition) is 4. The first-order chi connectivity index (χ1) is 12.5. The molecule has 2 rings (SSSR count). The predicted molar refractivity (Wildman–Crippen MR) is 109 cm³/mol. The molecule has 142 valence electrons. The number of rotatable bonds is 10. The van der Waals surface area contributed by atoms with E-state index in [0.717, 1.165) is 25.9 Å². The Morgan fingerprint density at radius 1 is 1.00 bits per heavy atom. The minimum atomic E-state index is 0.123. The van der Waals surface area contributed by atoms with Gasteiger partial charge in [0.2, 0.25) is 0 Å². The summed E-state index contributed by atoms with van der Waals surface area (Å²) < 4.78 is 0. The number of hydrogen-bond donors (Lipinski definition) is 3. The van der Waals surface area contributed by atoms with Gasteiger partial charge in [-0.3, -0.25) is 4.90 Å². The van der Waals surface area contributed by atoms with Gasteiger partial charge in [0, 0.05) is 31.7 Å². The van der Waals surface area contributed by atoms with Crippen LogP contribution in [0.1, 0.15) is 31.4 Å². The molecule has 26 heavy (non-hydrogen) atoms. The van der Waals surface area contributed by atoms with Crippen molar-refractivity contribution >= 4 is 0 Å². The Hall–Kier alpha value is -1.88. The van der Waals surface area contributed by atoms with Gasteiger partial charge in [-0.15, -0.1) is 0 Å². The van der Waals surface area contributed by atoms with E-state index >= 15 is 0 Å². The maximum absolute atomic E-state index is 9.51. The van der Waals surface area contributed by atoms with Gasteiger partial charge >= 0.3 is 0 Å². The van der Waals surface area contributed by atoms with Crippen LogP contribution in [0.15, 0.2) is 54.6 Å². The third kappa shape index (κ3) is 6.13. The zero-order chi connectivity index (χ0) is 18.9. The molecule has 3 unspecified atom stereocenters. The predicted octanol–water partition coefficient (Wildman–Crippen LogP) is 3.14. The highest BCUT2D eigenvalue weighted by molar-refractivity contribution is 5.26. The summed E-state index contributed by atoms with van der Waals surface area (Å²) >= 11 is 0. The van der Waals surface area contributed by atoms with Gasteiger partial charge in [0.15, 0.2) is 0 Å². The van der Waals surface area contributed by atoms with E-state index in [1.807, 2.05) is 18.2 Å². The van der Waals surface area contributed by atoms with Gasteiger partial charge in [-0.25, -0.2) is 0 Å². The Kier molecular flexibility index (Phi) is 8.10. The molecule has 4 heteroatoms. The van der Waals surface area contributed by atoms with Crippen LogP contribution in [0.5, 0.6) is 5.75 Å². The minimum absolute atomic E-state index is 0.123. The molecule has 0 aliphatic carbocycles. The SMILES string of the molecule is CCC(C)C(N)CN(Cc1ccccc1)C(CN)Cc1ccc(O)cc1. The average Bonchev–Trinajstić information content (AvgIpc) is 2.67. The summed E-state index contributed by atoms with van der Waals surface area (Å²) in [6, 6.07) is 18.2. The Labute approximate surface area is 157 Å². The number of benzene rings is 2. The van der Waals surface area contributed by atoms with Gasteiger partial charge in [0.1, 0.15) is 5.75 Å². The molecule has 0 bridgehead atoms. The van der Waals surface area contributed by atoms with E-state index in [9.17, 15) is 5.11 Å². The van der Waals surface area contributed by atoms with E-state index in [0.29, 0.717) is 12.5 Å². The Balaban J connectivity index is 2.16. The molecule has 0 fully saturated rings. The van der Waals surface area contributed by atoms with Crippen LogP contribution in [0.25, 0.3) is 0 Å². The van der Waals surface area contributed by atoms with Gasteiger partial charge in [-0.2, -0.15) is 0 Å². The second kappa shape index (κ2) is 10.3. The van der Waals surface area contributed by atoms with Crippen LogP contribution in [-0.2, 0) is 13.0 Å². The van der Waals surface area contributed by atoms with E-state index in [4.69, 9.17) is 11.5 Å². The van der Waals surface area contributed by atoms with Crippen molar-refractivity contribution in [2.24, 2.45) is 17.4 Å². The quantitative estimate of drug-likeness (QED) is 0.612. The smallest absolute Gasteiger partial charge is 0.115 e. The van der Waals surface area contributed by atoms with Gasteiger partial charge in [-0.05, 0) is 35.6 Å². The highest BCUT2D eigenvalue weighted by Gasteiger charge is 2.22. The molecule has 0 aliphatic rings. The fourth-order valence-corrected chi connectivity index (χ4v) is 3.18. The van der Waals surface area contributed by atoms with Crippen molar-refractivity contribution < 1.29 is 5.11 Å². The lowest BCUT2D eigenvalue weighted by Gasteiger charge is -2.34. The largest absolute Gasteiger partial charge is 0.508 e. The third-order valence-corrected chi connectivity index (χ3v) is 5.24. The van der Waals surface area contributed by atoms with Crippen LogP contribution in [0, 0.1) is 5.92 Å². The van der Waals surface area contributed by atoms with Crippen LogP contribution < -0.4 is 11.5 Å². The molecule has 0 radical (unpaired) electrons. The third-order valence-electron chi connectivity index (χ3n) is 5.24. The van der Waals surface area contributed by atoms with Crippen molar-refractivity contribution in [1.82, 2.24) is 4.90 Å². The van der Waals surface area contributed by atoms with E-state index in [1.54, 1.807) is 12.1 Å². The summed E-state index contributed by atoms with van der Waals surface area (Å²) in [6.45, 7) is 6.63. The first-order valence-electron chi connectivity index (χ1n) is 9.55. The fraction of sp³-hybridized carbons (Fsp3) is 0.455. The number of phenolic OH excluding ortho intramolecular Hbond substituents is 1.